The number of allylic oxidation sites excluding steroid dienone is 1. The number of aliphatic hydroxyl groups excluding tert-OH is 1. The molecule has 0 aliphatic carbocycles. The molecular formula is C12H14N2O4. The van der Waals surface area contributed by atoms with Crippen LogP contribution in [0.1, 0.15) is 6.92 Å². The Morgan fingerprint density at radius 1 is 1.22 bits per heavy atom. The summed E-state index contributed by atoms with van der Waals surface area (Å²) in [6.45, 7) is 1.33. The van der Waals surface area contributed by atoms with Crippen molar-refractivity contribution in [3.63, 3.8) is 0 Å². The molecule has 1 N–H and O–H groups in total. The van der Waals surface area contributed by atoms with Crippen LogP contribution in [0.5, 0.6) is 5.75 Å². The first-order valence-corrected chi connectivity index (χ1v) is 5.12. The van der Waals surface area contributed by atoms with Gasteiger partial charge in [0, 0.05) is 0 Å². The summed E-state index contributed by atoms with van der Waals surface area (Å²) >= 11 is 0. The van der Waals surface area contributed by atoms with Gasteiger partial charge in [-0.2, -0.15) is 5.11 Å². The summed E-state index contributed by atoms with van der Waals surface area (Å²) in [6.07, 6.45) is 0. The van der Waals surface area contributed by atoms with Crippen molar-refractivity contribution in [2.24, 2.45) is 10.2 Å². The van der Waals surface area contributed by atoms with Crippen LogP contribution in [-0.4, -0.2) is 25.3 Å². The number of azo groups is 1. The monoisotopic (exact) mass is 250 g/mol. The lowest BCUT2D eigenvalue weighted by atomic mass is 10.3. The van der Waals surface area contributed by atoms with Crippen LogP contribution in [0.4, 0.5) is 5.69 Å². The van der Waals surface area contributed by atoms with Gasteiger partial charge in [-0.15, -0.1) is 5.11 Å². The molecule has 0 spiro atoms. The molecule has 0 fully saturated rings. The third-order valence-corrected chi connectivity index (χ3v) is 2.06. The highest BCUT2D eigenvalue weighted by Crippen LogP contribution is 2.19. The minimum Gasteiger partial charge on any atom is -0.510 e. The van der Waals surface area contributed by atoms with Gasteiger partial charge in [0.25, 0.3) is 0 Å². The number of esters is 1. The van der Waals surface area contributed by atoms with Gasteiger partial charge in [0.1, 0.15) is 11.5 Å². The number of hydrogen-bond donors (Lipinski definition) is 1. The van der Waals surface area contributed by atoms with Crippen molar-refractivity contribution in [1.82, 2.24) is 0 Å². The topological polar surface area (TPSA) is 80.5 Å². The third kappa shape index (κ3) is 3.58. The number of carbonyl (C=O) groups excluding carboxylic acids is 1. The predicted molar refractivity (Wildman–Crippen MR) is 64.9 cm³/mol. The summed E-state index contributed by atoms with van der Waals surface area (Å²) in [4.78, 5) is 11.3. The quantitative estimate of drug-likeness (QED) is 0.385. The zero-order valence-corrected chi connectivity index (χ0v) is 10.4. The Kier molecular flexibility index (Phi) is 4.86. The largest absolute Gasteiger partial charge is 0.510 e. The highest BCUT2D eigenvalue weighted by atomic mass is 16.5. The lowest BCUT2D eigenvalue weighted by Gasteiger charge is -2.00. The van der Waals surface area contributed by atoms with Crippen molar-refractivity contribution in [1.29, 1.82) is 0 Å². The number of nitrogens with zero attached hydrogens (tertiary/aromatic N) is 2. The van der Waals surface area contributed by atoms with Gasteiger partial charge in [-0.25, -0.2) is 4.79 Å². The van der Waals surface area contributed by atoms with Crippen molar-refractivity contribution in [3.05, 3.63) is 35.7 Å². The maximum Gasteiger partial charge on any atom is 0.362 e. The number of hydrogen-bond acceptors (Lipinski definition) is 6. The average molecular weight is 250 g/mol. The molecule has 1 rings (SSSR count). The number of carbonyl (C=O) groups is 1. The van der Waals surface area contributed by atoms with E-state index in [0.717, 1.165) is 0 Å². The van der Waals surface area contributed by atoms with Crippen molar-refractivity contribution in [2.75, 3.05) is 14.2 Å². The smallest absolute Gasteiger partial charge is 0.362 e. The third-order valence-electron chi connectivity index (χ3n) is 2.06. The van der Waals surface area contributed by atoms with Crippen LogP contribution in [0.15, 0.2) is 46.0 Å². The Morgan fingerprint density at radius 2 is 1.83 bits per heavy atom. The molecule has 0 saturated carbocycles. The Hall–Kier alpha value is -2.37. The van der Waals surface area contributed by atoms with Crippen molar-refractivity contribution >= 4 is 11.7 Å². The van der Waals surface area contributed by atoms with Gasteiger partial charge in [-0.1, -0.05) is 0 Å². The standard InChI is InChI=1S/C12H14N2O4/c1-8(15)11(12(16)18-3)14-13-9-4-6-10(17-2)7-5-9/h4-7,15H,1-3H3/b11-8-,14-13?. The second kappa shape index (κ2) is 6.39. The SMILES string of the molecule is COC(=O)/C(N=Nc1ccc(OC)cc1)=C(\C)O. The molecule has 0 unspecified atom stereocenters. The molecule has 18 heavy (non-hydrogen) atoms. The fourth-order valence-corrected chi connectivity index (χ4v) is 1.11. The van der Waals surface area contributed by atoms with Gasteiger partial charge >= 0.3 is 5.97 Å². The highest BCUT2D eigenvalue weighted by molar-refractivity contribution is 5.88. The Morgan fingerprint density at radius 3 is 2.28 bits per heavy atom. The molecule has 0 saturated heterocycles. The molecule has 1 aromatic carbocycles. The predicted octanol–water partition coefficient (Wildman–Crippen LogP) is 2.74. The number of aliphatic hydroxyl groups is 1. The van der Waals surface area contributed by atoms with E-state index in [0.29, 0.717) is 11.4 Å². The number of ether oxygens (including phenoxy) is 2. The lowest BCUT2D eigenvalue weighted by Crippen LogP contribution is -2.04. The van der Waals surface area contributed by atoms with Crippen molar-refractivity contribution in [2.45, 2.75) is 6.92 Å². The fraction of sp³-hybridized carbons (Fsp3) is 0.250. The summed E-state index contributed by atoms with van der Waals surface area (Å²) in [5.41, 5.74) is 0.298. The van der Waals surface area contributed by atoms with Gasteiger partial charge in [-0.05, 0) is 31.2 Å². The van der Waals surface area contributed by atoms with Crippen molar-refractivity contribution in [3.8, 4) is 5.75 Å². The van der Waals surface area contributed by atoms with E-state index in [1.54, 1.807) is 31.4 Å². The molecule has 0 aliphatic rings. The summed E-state index contributed by atoms with van der Waals surface area (Å²) in [5.74, 6) is -0.303. The summed E-state index contributed by atoms with van der Waals surface area (Å²) < 4.78 is 9.46. The molecular weight excluding hydrogens is 236 g/mol. The van der Waals surface area contributed by atoms with Crippen LogP contribution >= 0.6 is 0 Å². The minimum atomic E-state index is -0.743. The first kappa shape index (κ1) is 13.7. The lowest BCUT2D eigenvalue weighted by molar-refractivity contribution is -0.136. The van der Waals surface area contributed by atoms with E-state index < -0.39 is 5.97 Å². The Bertz CT molecular complexity index is 473. The molecule has 6 heteroatoms. The number of benzene rings is 1. The van der Waals surface area contributed by atoms with Gasteiger partial charge in [-0.3, -0.25) is 0 Å². The van der Waals surface area contributed by atoms with E-state index in [1.807, 2.05) is 0 Å². The van der Waals surface area contributed by atoms with Gasteiger partial charge in [0.05, 0.1) is 19.9 Å². The summed E-state index contributed by atoms with van der Waals surface area (Å²) in [6, 6.07) is 6.76. The van der Waals surface area contributed by atoms with E-state index in [-0.39, 0.29) is 11.5 Å². The van der Waals surface area contributed by atoms with Crippen LogP contribution in [0.3, 0.4) is 0 Å². The van der Waals surface area contributed by atoms with Crippen LogP contribution in [0.25, 0.3) is 0 Å². The molecule has 96 valence electrons. The zero-order chi connectivity index (χ0) is 13.5. The van der Waals surface area contributed by atoms with Gasteiger partial charge < -0.3 is 14.6 Å². The van der Waals surface area contributed by atoms with E-state index in [4.69, 9.17) is 4.74 Å². The molecule has 0 aliphatic heterocycles. The first-order valence-electron chi connectivity index (χ1n) is 5.12. The molecule has 0 atom stereocenters. The maximum absolute atomic E-state index is 11.3. The zero-order valence-electron chi connectivity index (χ0n) is 10.4. The maximum atomic E-state index is 11.3. The van der Waals surface area contributed by atoms with Gasteiger partial charge in [0.2, 0.25) is 5.70 Å². The summed E-state index contributed by atoms with van der Waals surface area (Å²) in [5, 5.41) is 16.8. The number of methoxy groups -OCH3 is 2. The first-order chi connectivity index (χ1) is 8.58. The van der Waals surface area contributed by atoms with E-state index in [2.05, 4.69) is 15.0 Å². The molecule has 0 aromatic heterocycles. The molecule has 6 nitrogen and oxygen atoms in total. The van der Waals surface area contributed by atoms with Crippen LogP contribution < -0.4 is 4.74 Å². The fourth-order valence-electron chi connectivity index (χ4n) is 1.11. The number of rotatable bonds is 4. The minimum absolute atomic E-state index is 0.228. The molecule has 0 heterocycles. The average Bonchev–Trinajstić information content (AvgIpc) is 2.39. The van der Waals surface area contributed by atoms with Gasteiger partial charge in [0.15, 0.2) is 0 Å². The van der Waals surface area contributed by atoms with E-state index >= 15 is 0 Å². The molecule has 1 aromatic rings. The molecule has 0 bridgehead atoms. The highest BCUT2D eigenvalue weighted by Gasteiger charge is 2.12. The van der Waals surface area contributed by atoms with Crippen molar-refractivity contribution < 1.29 is 19.4 Å². The van der Waals surface area contributed by atoms with Crippen LogP contribution in [0.2, 0.25) is 0 Å². The van der Waals surface area contributed by atoms with Crippen LogP contribution in [0, 0.1) is 0 Å². The Labute approximate surface area is 105 Å². The Balaban J connectivity index is 2.90. The van der Waals surface area contributed by atoms with Crippen LogP contribution in [-0.2, 0) is 9.53 Å². The van der Waals surface area contributed by atoms with E-state index in [9.17, 15) is 9.90 Å². The second-order valence-electron chi connectivity index (χ2n) is 3.32. The molecule has 0 amide bonds. The normalized spacial score (nSPS) is 12.2. The second-order valence-corrected chi connectivity index (χ2v) is 3.32. The molecule has 0 radical (unpaired) electrons. The summed E-state index contributed by atoms with van der Waals surface area (Å²) in [7, 11) is 2.76. The van der Waals surface area contributed by atoms with E-state index in [1.165, 1.54) is 14.0 Å².